The molecule has 0 aliphatic carbocycles. The number of phosphoric ester groups is 1. The third kappa shape index (κ3) is 32.2. The molecule has 44 heavy (non-hydrogen) atoms. The molecule has 0 bridgehead atoms. The van der Waals surface area contributed by atoms with Crippen LogP contribution >= 0.6 is 7.82 Å². The summed E-state index contributed by atoms with van der Waals surface area (Å²) < 4.78 is 26.7. The molecule has 0 aromatic heterocycles. The fourth-order valence-corrected chi connectivity index (χ4v) is 5.47. The summed E-state index contributed by atoms with van der Waals surface area (Å²) in [4.78, 5) is 33.6. The first-order valence-electron chi connectivity index (χ1n) is 17.7. The highest BCUT2D eigenvalue weighted by atomic mass is 31.2. The molecule has 260 valence electrons. The molecule has 2 atom stereocenters. The predicted molar refractivity (Wildman–Crippen MR) is 178 cm³/mol. The van der Waals surface area contributed by atoms with Crippen LogP contribution in [-0.4, -0.2) is 54.3 Å². The van der Waals surface area contributed by atoms with E-state index < -0.39 is 26.5 Å². The van der Waals surface area contributed by atoms with Crippen LogP contribution in [0, 0.1) is 0 Å². The van der Waals surface area contributed by atoms with E-state index in [1.807, 2.05) is 0 Å². The molecule has 1 amide bonds. The van der Waals surface area contributed by atoms with E-state index >= 15 is 0 Å². The van der Waals surface area contributed by atoms with Gasteiger partial charge in [-0.1, -0.05) is 129 Å². The molecule has 0 heterocycles. The lowest BCUT2D eigenvalue weighted by atomic mass is 10.0. The summed E-state index contributed by atoms with van der Waals surface area (Å²) in [6, 6.07) is 0. The number of hydrogen-bond acceptors (Lipinski definition) is 7. The van der Waals surface area contributed by atoms with Crippen molar-refractivity contribution in [2.45, 2.75) is 168 Å². The minimum Gasteiger partial charge on any atom is -0.463 e. The lowest BCUT2D eigenvalue weighted by Gasteiger charge is -2.15. The molecular weight excluding hydrogens is 581 g/mol. The first-order chi connectivity index (χ1) is 21.3. The molecule has 3 N–H and O–H groups in total. The standard InChI is InChI=1S/C34H66NO8P/c1-3-5-7-9-11-13-15-17-19-21-23-25-27-34(38)41-30-32(36)31-43-44(39,40)42-29-28-35-33(37)26-24-22-20-18-16-14-12-10-8-6-4-2/h10,12,32,36H,3-9,11,13-31H2,1-2H3,(H,35,37)(H,39,40)/b12-10-. The number of esters is 1. The number of aliphatic hydroxyl groups excluding tert-OH is 1. The van der Waals surface area contributed by atoms with Gasteiger partial charge in [0.25, 0.3) is 0 Å². The maximum atomic E-state index is 12.0. The van der Waals surface area contributed by atoms with Gasteiger partial charge in [0.15, 0.2) is 0 Å². The molecule has 0 aliphatic rings. The summed E-state index contributed by atoms with van der Waals surface area (Å²) in [7, 11) is -4.40. The van der Waals surface area contributed by atoms with Crippen molar-refractivity contribution in [2.24, 2.45) is 0 Å². The zero-order valence-electron chi connectivity index (χ0n) is 28.1. The second-order valence-electron chi connectivity index (χ2n) is 11.8. The zero-order valence-corrected chi connectivity index (χ0v) is 29.0. The van der Waals surface area contributed by atoms with E-state index in [-0.39, 0.29) is 32.1 Å². The van der Waals surface area contributed by atoms with Crippen molar-refractivity contribution in [1.82, 2.24) is 5.32 Å². The summed E-state index contributed by atoms with van der Waals surface area (Å²) in [5.74, 6) is -0.525. The Hall–Kier alpha value is -1.25. The van der Waals surface area contributed by atoms with E-state index in [0.717, 1.165) is 51.4 Å². The summed E-state index contributed by atoms with van der Waals surface area (Å²) >= 11 is 0. The Morgan fingerprint density at radius 1 is 0.682 bits per heavy atom. The van der Waals surface area contributed by atoms with Crippen molar-refractivity contribution in [3.05, 3.63) is 12.2 Å². The summed E-state index contributed by atoms with van der Waals surface area (Å²) in [6.45, 7) is 3.48. The molecule has 0 fully saturated rings. The van der Waals surface area contributed by atoms with Gasteiger partial charge in [0.2, 0.25) is 5.91 Å². The minimum absolute atomic E-state index is 0.0798. The average molecular weight is 648 g/mol. The van der Waals surface area contributed by atoms with Gasteiger partial charge in [0.05, 0.1) is 13.2 Å². The first-order valence-corrected chi connectivity index (χ1v) is 19.2. The zero-order chi connectivity index (χ0) is 32.6. The fourth-order valence-electron chi connectivity index (χ4n) is 4.71. The highest BCUT2D eigenvalue weighted by molar-refractivity contribution is 7.47. The van der Waals surface area contributed by atoms with Crippen LogP contribution in [0.1, 0.15) is 162 Å². The van der Waals surface area contributed by atoms with E-state index in [1.165, 1.54) is 83.5 Å². The Morgan fingerprint density at radius 3 is 1.77 bits per heavy atom. The first kappa shape index (κ1) is 42.8. The molecule has 2 unspecified atom stereocenters. The quantitative estimate of drug-likeness (QED) is 0.0279. The number of unbranched alkanes of at least 4 members (excludes halogenated alkanes) is 18. The molecule has 0 radical (unpaired) electrons. The summed E-state index contributed by atoms with van der Waals surface area (Å²) in [5, 5.41) is 12.6. The normalized spacial score (nSPS) is 13.6. The van der Waals surface area contributed by atoms with Crippen molar-refractivity contribution >= 4 is 19.7 Å². The van der Waals surface area contributed by atoms with Gasteiger partial charge < -0.3 is 20.1 Å². The molecule has 0 aromatic carbocycles. The van der Waals surface area contributed by atoms with Gasteiger partial charge in [-0.2, -0.15) is 0 Å². The molecular formula is C34H66NO8P. The maximum absolute atomic E-state index is 12.0. The summed E-state index contributed by atoms with van der Waals surface area (Å²) in [6.07, 6.45) is 28.5. The van der Waals surface area contributed by atoms with Crippen molar-refractivity contribution in [3.8, 4) is 0 Å². The Kier molecular flexibility index (Phi) is 30.8. The fraction of sp³-hybridized carbons (Fsp3) is 0.882. The van der Waals surface area contributed by atoms with Crippen LogP contribution in [0.4, 0.5) is 0 Å². The number of ether oxygens (including phenoxy) is 1. The SMILES string of the molecule is CCCC/C=C\CCCCCCCC(=O)NCCOP(=O)(O)OCC(O)COC(=O)CCCCCCCCCCCCCC. The van der Waals surface area contributed by atoms with Gasteiger partial charge in [-0.15, -0.1) is 0 Å². The topological polar surface area (TPSA) is 131 Å². The predicted octanol–water partition coefficient (Wildman–Crippen LogP) is 8.71. The van der Waals surface area contributed by atoms with E-state index in [2.05, 4.69) is 31.3 Å². The molecule has 0 saturated carbocycles. The second kappa shape index (κ2) is 31.7. The van der Waals surface area contributed by atoms with Crippen molar-refractivity contribution in [3.63, 3.8) is 0 Å². The van der Waals surface area contributed by atoms with Crippen molar-refractivity contribution in [1.29, 1.82) is 0 Å². The third-order valence-corrected chi connectivity index (χ3v) is 8.43. The van der Waals surface area contributed by atoms with Gasteiger partial charge in [0, 0.05) is 19.4 Å². The number of phosphoric acid groups is 1. The van der Waals surface area contributed by atoms with Crippen LogP contribution in [0.25, 0.3) is 0 Å². The smallest absolute Gasteiger partial charge is 0.463 e. The van der Waals surface area contributed by atoms with Gasteiger partial charge in [-0.3, -0.25) is 18.6 Å². The number of allylic oxidation sites excluding steroid dienone is 2. The van der Waals surface area contributed by atoms with E-state index in [0.29, 0.717) is 6.42 Å². The summed E-state index contributed by atoms with van der Waals surface area (Å²) in [5.41, 5.74) is 0. The molecule has 0 spiro atoms. The van der Waals surface area contributed by atoms with Crippen LogP contribution in [0.2, 0.25) is 0 Å². The third-order valence-electron chi connectivity index (χ3n) is 7.45. The molecule has 10 heteroatoms. The monoisotopic (exact) mass is 647 g/mol. The van der Waals surface area contributed by atoms with Gasteiger partial charge in [-0.05, 0) is 32.1 Å². The number of rotatable bonds is 33. The minimum atomic E-state index is -4.40. The number of carbonyl (C=O) groups is 2. The van der Waals surface area contributed by atoms with Crippen LogP contribution < -0.4 is 5.32 Å². The Labute approximate surface area is 268 Å². The largest absolute Gasteiger partial charge is 0.472 e. The Balaban J connectivity index is 3.64. The van der Waals surface area contributed by atoms with Crippen molar-refractivity contribution < 1.29 is 37.9 Å². The van der Waals surface area contributed by atoms with Crippen LogP contribution in [0.3, 0.4) is 0 Å². The van der Waals surface area contributed by atoms with Gasteiger partial charge in [0.1, 0.15) is 12.7 Å². The Bertz CT molecular complexity index is 749. The maximum Gasteiger partial charge on any atom is 0.472 e. The average Bonchev–Trinajstić information content (AvgIpc) is 3.00. The van der Waals surface area contributed by atoms with E-state index in [1.54, 1.807) is 0 Å². The number of nitrogens with one attached hydrogen (secondary N) is 1. The van der Waals surface area contributed by atoms with E-state index in [4.69, 9.17) is 13.8 Å². The lowest BCUT2D eigenvalue weighted by molar-refractivity contribution is -0.147. The van der Waals surface area contributed by atoms with E-state index in [9.17, 15) is 24.2 Å². The lowest BCUT2D eigenvalue weighted by Crippen LogP contribution is -2.27. The van der Waals surface area contributed by atoms with Crippen LogP contribution in [0.5, 0.6) is 0 Å². The molecule has 0 aliphatic heterocycles. The number of amides is 1. The Morgan fingerprint density at radius 2 is 1.18 bits per heavy atom. The second-order valence-corrected chi connectivity index (χ2v) is 13.3. The molecule has 0 saturated heterocycles. The van der Waals surface area contributed by atoms with Gasteiger partial charge >= 0.3 is 13.8 Å². The number of hydrogen-bond donors (Lipinski definition) is 3. The van der Waals surface area contributed by atoms with Crippen molar-refractivity contribution in [2.75, 3.05) is 26.4 Å². The molecule has 0 rings (SSSR count). The number of aliphatic hydroxyl groups is 1. The van der Waals surface area contributed by atoms with Crippen LogP contribution in [0.15, 0.2) is 12.2 Å². The van der Waals surface area contributed by atoms with Gasteiger partial charge in [-0.25, -0.2) is 4.57 Å². The van der Waals surface area contributed by atoms with Crippen LogP contribution in [-0.2, 0) is 27.9 Å². The highest BCUT2D eigenvalue weighted by Gasteiger charge is 2.23. The molecule has 0 aromatic rings. The molecule has 9 nitrogen and oxygen atoms in total. The number of carbonyl (C=O) groups excluding carboxylic acids is 2. The highest BCUT2D eigenvalue weighted by Crippen LogP contribution is 2.42.